The molecular weight excluding hydrogens is 446 g/mol. The molecule has 1 saturated heterocycles. The van der Waals surface area contributed by atoms with Crippen LogP contribution in [0.4, 0.5) is 5.69 Å². The van der Waals surface area contributed by atoms with Crippen molar-refractivity contribution in [2.24, 2.45) is 0 Å². The van der Waals surface area contributed by atoms with Gasteiger partial charge in [0.2, 0.25) is 5.91 Å². The lowest BCUT2D eigenvalue weighted by atomic mass is 10.2. The zero-order valence-corrected chi connectivity index (χ0v) is 20.6. The van der Waals surface area contributed by atoms with Crippen molar-refractivity contribution in [3.8, 4) is 5.69 Å². The predicted octanol–water partition coefficient (Wildman–Crippen LogP) is 2.43. The van der Waals surface area contributed by atoms with Gasteiger partial charge in [-0.25, -0.2) is 9.78 Å². The van der Waals surface area contributed by atoms with E-state index in [9.17, 15) is 9.59 Å². The number of nitrogens with zero attached hydrogens (tertiary/aromatic N) is 5. The van der Waals surface area contributed by atoms with Crippen LogP contribution in [0.3, 0.4) is 0 Å². The van der Waals surface area contributed by atoms with E-state index in [1.165, 1.54) is 0 Å². The van der Waals surface area contributed by atoms with Gasteiger partial charge in [-0.2, -0.15) is 0 Å². The molecule has 0 atom stereocenters. The van der Waals surface area contributed by atoms with Gasteiger partial charge < -0.3 is 19.3 Å². The molecule has 2 aromatic carbocycles. The molecule has 0 unspecified atom stereocenters. The first-order valence-electron chi connectivity index (χ1n) is 11.9. The van der Waals surface area contributed by atoms with E-state index < -0.39 is 0 Å². The maximum Gasteiger partial charge on any atom is 0.338 e. The molecule has 186 valence electrons. The molecule has 0 N–H and O–H groups in total. The number of carbonyl (C=O) groups is 2. The number of likely N-dealkylation sites (N-methyl/N-ethyl adjacent to an activating group) is 1. The third-order valence-corrected chi connectivity index (χ3v) is 6.22. The van der Waals surface area contributed by atoms with Crippen LogP contribution in [0.15, 0.2) is 48.8 Å². The van der Waals surface area contributed by atoms with E-state index in [2.05, 4.69) is 39.0 Å². The first-order valence-corrected chi connectivity index (χ1v) is 11.9. The zero-order valence-electron chi connectivity index (χ0n) is 20.6. The summed E-state index contributed by atoms with van der Waals surface area (Å²) in [6.45, 7) is 4.61. The molecule has 1 aliphatic rings. The second kappa shape index (κ2) is 11.3. The average molecular weight is 480 g/mol. The Morgan fingerprint density at radius 1 is 1.00 bits per heavy atom. The van der Waals surface area contributed by atoms with Gasteiger partial charge in [0, 0.05) is 58.8 Å². The Balaban J connectivity index is 1.48. The number of methoxy groups -OCH3 is 1. The molecule has 2 heterocycles. The minimum Gasteiger partial charge on any atom is -0.460 e. The van der Waals surface area contributed by atoms with E-state index in [0.717, 1.165) is 55.0 Å². The highest BCUT2D eigenvalue weighted by Gasteiger charge is 2.19. The number of anilines is 1. The molecule has 3 aromatic rings. The zero-order chi connectivity index (χ0) is 24.8. The molecule has 9 heteroatoms. The number of hydrogen-bond donors (Lipinski definition) is 0. The summed E-state index contributed by atoms with van der Waals surface area (Å²) < 4.78 is 12.2. The van der Waals surface area contributed by atoms with E-state index in [-0.39, 0.29) is 18.5 Å². The Kier molecular flexibility index (Phi) is 7.99. The van der Waals surface area contributed by atoms with Crippen LogP contribution in [0.1, 0.15) is 16.8 Å². The summed E-state index contributed by atoms with van der Waals surface area (Å²) in [7, 11) is 5.16. The summed E-state index contributed by atoms with van der Waals surface area (Å²) in [5.74, 6) is -0.248. The molecular formula is C26H33N5O4. The van der Waals surface area contributed by atoms with Crippen molar-refractivity contribution in [2.75, 3.05) is 72.0 Å². The summed E-state index contributed by atoms with van der Waals surface area (Å²) in [5.41, 5.74) is 4.26. The molecule has 4 rings (SSSR count). The molecule has 0 aliphatic carbocycles. The molecule has 1 amide bonds. The molecule has 0 saturated carbocycles. The average Bonchev–Trinajstić information content (AvgIpc) is 3.15. The van der Waals surface area contributed by atoms with Crippen molar-refractivity contribution < 1.29 is 19.1 Å². The van der Waals surface area contributed by atoms with Crippen molar-refractivity contribution in [1.29, 1.82) is 0 Å². The van der Waals surface area contributed by atoms with Crippen LogP contribution in [0.5, 0.6) is 0 Å². The number of hydrogen-bond acceptors (Lipinski definition) is 7. The number of aromatic nitrogens is 2. The summed E-state index contributed by atoms with van der Waals surface area (Å²) in [6.07, 6.45) is 2.78. The van der Waals surface area contributed by atoms with E-state index >= 15 is 0 Å². The van der Waals surface area contributed by atoms with E-state index in [1.807, 2.05) is 10.6 Å². The number of ether oxygens (including phenoxy) is 2. The molecule has 0 radical (unpaired) electrons. The minimum atomic E-state index is -0.386. The highest BCUT2D eigenvalue weighted by atomic mass is 16.6. The molecule has 9 nitrogen and oxygen atoms in total. The quantitative estimate of drug-likeness (QED) is 0.363. The highest BCUT2D eigenvalue weighted by molar-refractivity contribution is 5.94. The van der Waals surface area contributed by atoms with Crippen LogP contribution >= 0.6 is 0 Å². The van der Waals surface area contributed by atoms with E-state index in [1.54, 1.807) is 44.6 Å². The normalized spacial score (nSPS) is 14.7. The van der Waals surface area contributed by atoms with Gasteiger partial charge in [-0.05, 0) is 42.8 Å². The SMILES string of the molecule is COCCOC(=O)c1ccc2c(c1)ncn2-c1cccc(N2CCCN(CC(=O)N(C)C)CC2)c1. The van der Waals surface area contributed by atoms with Gasteiger partial charge in [0.1, 0.15) is 12.9 Å². The van der Waals surface area contributed by atoms with Crippen molar-refractivity contribution >= 4 is 28.6 Å². The lowest BCUT2D eigenvalue weighted by molar-refractivity contribution is -0.129. The van der Waals surface area contributed by atoms with Crippen molar-refractivity contribution in [1.82, 2.24) is 19.4 Å². The summed E-state index contributed by atoms with van der Waals surface area (Å²) >= 11 is 0. The number of imidazole rings is 1. The Morgan fingerprint density at radius 2 is 1.83 bits per heavy atom. The lowest BCUT2D eigenvalue weighted by Crippen LogP contribution is -2.38. The Morgan fingerprint density at radius 3 is 2.63 bits per heavy atom. The van der Waals surface area contributed by atoms with Crippen molar-refractivity contribution in [2.45, 2.75) is 6.42 Å². The summed E-state index contributed by atoms with van der Waals surface area (Å²) in [5, 5.41) is 0. The van der Waals surface area contributed by atoms with Crippen molar-refractivity contribution in [3.05, 3.63) is 54.4 Å². The van der Waals surface area contributed by atoms with Crippen LogP contribution in [0.2, 0.25) is 0 Å². The van der Waals surface area contributed by atoms with Crippen LogP contribution < -0.4 is 4.90 Å². The van der Waals surface area contributed by atoms with Crippen LogP contribution in [-0.4, -0.2) is 98.4 Å². The molecule has 1 aliphatic heterocycles. The van der Waals surface area contributed by atoms with Gasteiger partial charge in [-0.15, -0.1) is 0 Å². The Hall–Kier alpha value is -3.43. The summed E-state index contributed by atoms with van der Waals surface area (Å²) in [4.78, 5) is 35.1. The maximum absolute atomic E-state index is 12.3. The standard InChI is InChI=1S/C26H33N5O4/c1-28(2)25(32)18-29-10-5-11-30(13-12-29)21-6-4-7-22(17-21)31-19-27-23-16-20(8-9-24(23)31)26(33)35-15-14-34-3/h4,6-9,16-17,19H,5,10-15,18H2,1-3H3. The minimum absolute atomic E-state index is 0.138. The fourth-order valence-corrected chi connectivity index (χ4v) is 4.21. The monoisotopic (exact) mass is 479 g/mol. The third-order valence-electron chi connectivity index (χ3n) is 6.22. The van der Waals surface area contributed by atoms with Crippen LogP contribution in [0.25, 0.3) is 16.7 Å². The third kappa shape index (κ3) is 5.98. The molecule has 35 heavy (non-hydrogen) atoms. The molecule has 0 spiro atoms. The van der Waals surface area contributed by atoms with Crippen molar-refractivity contribution in [3.63, 3.8) is 0 Å². The number of benzene rings is 2. The Labute approximate surface area is 205 Å². The van der Waals surface area contributed by atoms with Gasteiger partial charge in [0.25, 0.3) is 0 Å². The molecule has 1 aromatic heterocycles. The van der Waals surface area contributed by atoms with Gasteiger partial charge >= 0.3 is 5.97 Å². The summed E-state index contributed by atoms with van der Waals surface area (Å²) in [6, 6.07) is 13.8. The number of carbonyl (C=O) groups excluding carboxylic acids is 2. The van der Waals surface area contributed by atoms with E-state index in [0.29, 0.717) is 18.7 Å². The first kappa shape index (κ1) is 24.7. The largest absolute Gasteiger partial charge is 0.460 e. The fourth-order valence-electron chi connectivity index (χ4n) is 4.21. The first-order chi connectivity index (χ1) is 17.0. The molecule has 1 fully saturated rings. The van der Waals surface area contributed by atoms with Gasteiger partial charge in [-0.3, -0.25) is 14.3 Å². The highest BCUT2D eigenvalue weighted by Crippen LogP contribution is 2.24. The van der Waals surface area contributed by atoms with Gasteiger partial charge in [-0.1, -0.05) is 6.07 Å². The number of fused-ring (bicyclic) bond motifs is 1. The van der Waals surface area contributed by atoms with Crippen LogP contribution in [0, 0.1) is 0 Å². The fraction of sp³-hybridized carbons (Fsp3) is 0.423. The number of rotatable bonds is 8. The second-order valence-electron chi connectivity index (χ2n) is 8.87. The van der Waals surface area contributed by atoms with E-state index in [4.69, 9.17) is 9.47 Å². The smallest absolute Gasteiger partial charge is 0.338 e. The maximum atomic E-state index is 12.3. The lowest BCUT2D eigenvalue weighted by Gasteiger charge is -2.24. The second-order valence-corrected chi connectivity index (χ2v) is 8.87. The number of esters is 1. The topological polar surface area (TPSA) is 80.1 Å². The predicted molar refractivity (Wildman–Crippen MR) is 135 cm³/mol. The Bertz CT molecular complexity index is 1180. The molecule has 0 bridgehead atoms. The van der Waals surface area contributed by atoms with Gasteiger partial charge in [0.05, 0.1) is 29.7 Å². The van der Waals surface area contributed by atoms with Crippen LogP contribution in [-0.2, 0) is 14.3 Å². The van der Waals surface area contributed by atoms with Gasteiger partial charge in [0.15, 0.2) is 0 Å². The number of amides is 1.